The van der Waals surface area contributed by atoms with Crippen molar-refractivity contribution in [2.45, 2.75) is 44.5 Å². The summed E-state index contributed by atoms with van der Waals surface area (Å²) in [7, 11) is 0. The molecular weight excluding hydrogens is 376 g/mol. The molecule has 3 aromatic rings. The zero-order chi connectivity index (χ0) is 18.6. The molecule has 0 saturated heterocycles. The summed E-state index contributed by atoms with van der Waals surface area (Å²) in [6, 6.07) is 10.2. The van der Waals surface area contributed by atoms with Crippen molar-refractivity contribution in [2.75, 3.05) is 11.1 Å². The quantitative estimate of drug-likeness (QED) is 0.425. The van der Waals surface area contributed by atoms with Crippen LogP contribution in [0.4, 0.5) is 5.69 Å². The number of aromatic nitrogens is 3. The third-order valence-corrected chi connectivity index (χ3v) is 6.44. The highest BCUT2D eigenvalue weighted by molar-refractivity contribution is 7.99. The highest BCUT2D eigenvalue weighted by Crippen LogP contribution is 2.40. The maximum Gasteiger partial charge on any atom is 0.247 e. The van der Waals surface area contributed by atoms with Gasteiger partial charge in [0.2, 0.25) is 17.3 Å². The summed E-state index contributed by atoms with van der Waals surface area (Å²) in [6.07, 6.45) is 3.29. The van der Waals surface area contributed by atoms with E-state index >= 15 is 0 Å². The van der Waals surface area contributed by atoms with E-state index in [1.54, 1.807) is 23.1 Å². The average molecular weight is 399 g/mol. The number of fused-ring (bicyclic) bond motifs is 3. The molecule has 1 N–H and O–H groups in total. The van der Waals surface area contributed by atoms with Gasteiger partial charge in [-0.3, -0.25) is 0 Å². The lowest BCUT2D eigenvalue weighted by molar-refractivity contribution is 0.228. The van der Waals surface area contributed by atoms with Crippen LogP contribution in [-0.4, -0.2) is 20.9 Å². The third kappa shape index (κ3) is 3.94. The molecule has 2 aromatic heterocycles. The Labute approximate surface area is 167 Å². The first kappa shape index (κ1) is 18.3. The van der Waals surface area contributed by atoms with Crippen molar-refractivity contribution >= 4 is 28.8 Å². The Balaban J connectivity index is 1.69. The van der Waals surface area contributed by atoms with Gasteiger partial charge in [-0.2, -0.15) is 4.98 Å². The predicted molar refractivity (Wildman–Crippen MR) is 112 cm³/mol. The number of anilines is 1. The molecule has 3 heterocycles. The molecule has 27 heavy (non-hydrogen) atoms. The van der Waals surface area contributed by atoms with E-state index < -0.39 is 0 Å². The van der Waals surface area contributed by atoms with Crippen molar-refractivity contribution in [3.8, 4) is 17.1 Å². The number of nitrogens with zero attached hydrogens (tertiary/aromatic N) is 3. The Morgan fingerprint density at radius 1 is 1.19 bits per heavy atom. The van der Waals surface area contributed by atoms with Crippen LogP contribution in [0.15, 0.2) is 40.9 Å². The van der Waals surface area contributed by atoms with Crippen LogP contribution in [-0.2, 0) is 0 Å². The fourth-order valence-electron chi connectivity index (χ4n) is 3.00. The molecule has 7 heteroatoms. The summed E-state index contributed by atoms with van der Waals surface area (Å²) < 4.78 is 6.31. The van der Waals surface area contributed by atoms with Crippen molar-refractivity contribution in [1.29, 1.82) is 0 Å². The highest BCUT2D eigenvalue weighted by Gasteiger charge is 2.27. The Morgan fingerprint density at radius 3 is 2.89 bits per heavy atom. The van der Waals surface area contributed by atoms with Gasteiger partial charge in [-0.05, 0) is 36.4 Å². The van der Waals surface area contributed by atoms with Gasteiger partial charge in [0, 0.05) is 17.0 Å². The number of thiophene rings is 1. The number of unbranched alkanes of at least 4 members (excludes halogenated alkanes) is 2. The molecule has 0 saturated carbocycles. The second-order valence-corrected chi connectivity index (χ2v) is 8.47. The molecule has 0 fully saturated rings. The molecule has 5 nitrogen and oxygen atoms in total. The van der Waals surface area contributed by atoms with Crippen LogP contribution in [0.5, 0.6) is 5.88 Å². The number of hydrogen-bond donors (Lipinski definition) is 1. The monoisotopic (exact) mass is 398 g/mol. The van der Waals surface area contributed by atoms with Gasteiger partial charge in [0.25, 0.3) is 0 Å². The van der Waals surface area contributed by atoms with Crippen LogP contribution >= 0.6 is 23.1 Å². The van der Waals surface area contributed by atoms with E-state index in [1.807, 2.05) is 24.3 Å². The van der Waals surface area contributed by atoms with Crippen molar-refractivity contribution in [2.24, 2.45) is 0 Å². The number of rotatable bonds is 6. The van der Waals surface area contributed by atoms with E-state index in [9.17, 15) is 0 Å². The Kier molecular flexibility index (Phi) is 5.59. The van der Waals surface area contributed by atoms with Gasteiger partial charge < -0.3 is 10.1 Å². The number of aryl methyl sites for hydroxylation is 1. The van der Waals surface area contributed by atoms with E-state index in [-0.39, 0.29) is 6.23 Å². The largest absolute Gasteiger partial charge is 0.447 e. The number of benzene rings is 1. The molecule has 0 unspecified atom stereocenters. The highest BCUT2D eigenvalue weighted by atomic mass is 32.2. The summed E-state index contributed by atoms with van der Waals surface area (Å²) in [5, 5.41) is 15.1. The molecule has 1 aliphatic heterocycles. The van der Waals surface area contributed by atoms with E-state index in [4.69, 9.17) is 9.72 Å². The minimum Gasteiger partial charge on any atom is -0.447 e. The zero-order valence-corrected chi connectivity index (χ0v) is 17.1. The second-order valence-electron chi connectivity index (χ2n) is 6.46. The summed E-state index contributed by atoms with van der Waals surface area (Å²) in [4.78, 5) is 5.84. The van der Waals surface area contributed by atoms with Crippen molar-refractivity contribution < 1.29 is 4.74 Å². The Hall–Kier alpha value is -2.12. The first-order valence-corrected chi connectivity index (χ1v) is 11.1. The van der Waals surface area contributed by atoms with Gasteiger partial charge in [-0.1, -0.05) is 49.7 Å². The van der Waals surface area contributed by atoms with Gasteiger partial charge in [0.1, 0.15) is 0 Å². The van der Waals surface area contributed by atoms with Gasteiger partial charge in [0.05, 0.1) is 4.88 Å². The molecule has 0 spiro atoms. The SMILES string of the molecule is CCCCCSc1nnc2c(n1)O[C@@H](c1sccc1C)Nc1ccccc1-2. The summed E-state index contributed by atoms with van der Waals surface area (Å²) >= 11 is 3.32. The number of para-hydroxylation sites is 1. The number of nitrogens with one attached hydrogen (secondary N) is 1. The maximum atomic E-state index is 6.31. The minimum atomic E-state index is -0.290. The lowest BCUT2D eigenvalue weighted by Crippen LogP contribution is -2.16. The van der Waals surface area contributed by atoms with E-state index in [0.29, 0.717) is 16.7 Å². The predicted octanol–water partition coefficient (Wildman–Crippen LogP) is 5.69. The fourth-order valence-corrected chi connectivity index (χ4v) is 4.68. The Bertz CT molecular complexity index is 928. The van der Waals surface area contributed by atoms with Crippen LogP contribution in [0, 0.1) is 6.92 Å². The van der Waals surface area contributed by atoms with Gasteiger partial charge >= 0.3 is 0 Å². The lowest BCUT2D eigenvalue weighted by Gasteiger charge is -2.18. The van der Waals surface area contributed by atoms with Crippen molar-refractivity contribution in [3.63, 3.8) is 0 Å². The van der Waals surface area contributed by atoms with Crippen LogP contribution in [0.3, 0.4) is 0 Å². The topological polar surface area (TPSA) is 59.9 Å². The zero-order valence-electron chi connectivity index (χ0n) is 15.4. The molecule has 4 rings (SSSR count). The number of thioether (sulfide) groups is 1. The van der Waals surface area contributed by atoms with Gasteiger partial charge in [-0.25, -0.2) is 0 Å². The third-order valence-electron chi connectivity index (χ3n) is 4.45. The molecule has 140 valence electrons. The first-order chi connectivity index (χ1) is 13.3. The van der Waals surface area contributed by atoms with Crippen LogP contribution < -0.4 is 10.1 Å². The second kappa shape index (κ2) is 8.27. The van der Waals surface area contributed by atoms with Gasteiger partial charge in [0.15, 0.2) is 5.69 Å². The minimum absolute atomic E-state index is 0.290. The summed E-state index contributed by atoms with van der Waals surface area (Å²) in [6.45, 7) is 4.30. The molecule has 0 amide bonds. The molecular formula is C20H22N4OS2. The normalized spacial score (nSPS) is 15.3. The molecule has 0 radical (unpaired) electrons. The summed E-state index contributed by atoms with van der Waals surface area (Å²) in [5.41, 5.74) is 3.84. The van der Waals surface area contributed by atoms with Gasteiger partial charge in [-0.15, -0.1) is 21.5 Å². The van der Waals surface area contributed by atoms with Crippen LogP contribution in [0.2, 0.25) is 0 Å². The fraction of sp³-hybridized carbons (Fsp3) is 0.350. The standard InChI is InChI=1S/C20H22N4OS2/c1-3-4-7-11-27-20-22-18-16(23-24-20)14-8-5-6-9-15(14)21-19(25-18)17-13(2)10-12-26-17/h5-6,8-10,12,19,21H,3-4,7,11H2,1-2H3/t19-/m0/s1. The molecule has 0 bridgehead atoms. The van der Waals surface area contributed by atoms with E-state index in [1.165, 1.54) is 18.4 Å². The van der Waals surface area contributed by atoms with Crippen molar-refractivity contribution in [3.05, 3.63) is 46.2 Å². The Morgan fingerprint density at radius 2 is 2.07 bits per heavy atom. The summed E-state index contributed by atoms with van der Waals surface area (Å²) in [5.74, 6) is 1.54. The smallest absolute Gasteiger partial charge is 0.247 e. The lowest BCUT2D eigenvalue weighted by atomic mass is 10.1. The average Bonchev–Trinajstić information content (AvgIpc) is 3.04. The molecule has 0 aliphatic carbocycles. The van der Waals surface area contributed by atoms with E-state index in [2.05, 4.69) is 40.8 Å². The first-order valence-electron chi connectivity index (χ1n) is 9.20. The molecule has 1 atom stereocenters. The van der Waals surface area contributed by atoms with Crippen molar-refractivity contribution in [1.82, 2.24) is 15.2 Å². The van der Waals surface area contributed by atoms with Crippen LogP contribution in [0.25, 0.3) is 11.3 Å². The van der Waals surface area contributed by atoms with E-state index in [0.717, 1.165) is 28.3 Å². The van der Waals surface area contributed by atoms with Crippen LogP contribution in [0.1, 0.15) is 42.9 Å². The maximum absolute atomic E-state index is 6.31. The number of ether oxygens (including phenoxy) is 1. The number of hydrogen-bond acceptors (Lipinski definition) is 7. The molecule has 1 aliphatic rings. The molecule has 1 aromatic carbocycles.